The molecule has 6 rings (SSSR count). The van der Waals surface area contributed by atoms with Gasteiger partial charge in [0.15, 0.2) is 41.5 Å². The fraction of sp³-hybridized carbons (Fsp3) is 0.222. The lowest BCUT2D eigenvalue weighted by atomic mass is 10.0. The number of rotatable bonds is 4. The lowest BCUT2D eigenvalue weighted by molar-refractivity contribution is 0.0456. The fourth-order valence-electron chi connectivity index (χ4n) is 4.03. The Labute approximate surface area is 225 Å². The van der Waals surface area contributed by atoms with Gasteiger partial charge in [0.2, 0.25) is 0 Å². The van der Waals surface area contributed by atoms with Gasteiger partial charge < -0.3 is 34.1 Å². The number of carbonyl (C=O) groups is 1. The van der Waals surface area contributed by atoms with E-state index in [-0.39, 0.29) is 25.4 Å². The first kappa shape index (κ1) is 25.4. The van der Waals surface area contributed by atoms with E-state index in [2.05, 4.69) is 20.9 Å². The van der Waals surface area contributed by atoms with E-state index in [1.807, 2.05) is 36.4 Å². The van der Waals surface area contributed by atoms with Crippen molar-refractivity contribution < 1.29 is 34.0 Å². The second-order valence-electron chi connectivity index (χ2n) is 8.46. The Morgan fingerprint density at radius 2 is 1.57 bits per heavy atom. The van der Waals surface area contributed by atoms with Gasteiger partial charge in [0.05, 0.1) is 18.2 Å². The molecule has 4 aromatic rings. The van der Waals surface area contributed by atoms with E-state index in [0.29, 0.717) is 41.0 Å². The number of aldehydes is 1. The Balaban J connectivity index is 0.000000182. The molecule has 0 aliphatic carbocycles. The number of aromatic nitrogens is 1. The lowest BCUT2D eigenvalue weighted by Crippen LogP contribution is -2.32. The SMILES string of the molecule is O=Cc1c[nH]c2cc(Cl)c(-c3ccc4c(c3)OC[C@@H](CO)O4)cc12.OC[C@@H]1COc2cc(Br)ccc2O1. The zero-order valence-electron chi connectivity index (χ0n) is 19.4. The molecule has 8 nitrogen and oxygen atoms in total. The smallest absolute Gasteiger partial charge is 0.162 e. The summed E-state index contributed by atoms with van der Waals surface area (Å²) in [7, 11) is 0. The molecule has 0 radical (unpaired) electrons. The summed E-state index contributed by atoms with van der Waals surface area (Å²) in [4.78, 5) is 14.2. The Morgan fingerprint density at radius 1 is 0.919 bits per heavy atom. The number of aliphatic hydroxyl groups is 2. The van der Waals surface area contributed by atoms with Crippen LogP contribution in [-0.2, 0) is 0 Å². The molecule has 0 saturated carbocycles. The van der Waals surface area contributed by atoms with Crippen molar-refractivity contribution in [2.24, 2.45) is 0 Å². The number of hydrogen-bond acceptors (Lipinski definition) is 7. The molecule has 0 bridgehead atoms. The highest BCUT2D eigenvalue weighted by Gasteiger charge is 2.22. The third kappa shape index (κ3) is 5.40. The zero-order valence-corrected chi connectivity index (χ0v) is 21.8. The van der Waals surface area contributed by atoms with Crippen molar-refractivity contribution in [2.45, 2.75) is 12.2 Å². The van der Waals surface area contributed by atoms with Gasteiger partial charge in [-0.2, -0.15) is 0 Å². The standard InChI is InChI=1S/C18H14ClNO4.C9H9BrO3/c19-15-5-16-14(11(7-21)6-20-16)4-13(15)10-1-2-17-18(3-10)23-9-12(8-22)24-17;10-6-1-2-8-9(3-6)12-5-7(4-11)13-8/h1-7,12,20,22H,8-9H2;1-3,7,11H,4-5H2/t12-;7-/m11/s1. The number of carbonyl (C=O) groups excluding carboxylic acids is 1. The van der Waals surface area contributed by atoms with Crippen LogP contribution in [0.2, 0.25) is 5.02 Å². The maximum atomic E-state index is 11.2. The molecule has 3 heterocycles. The normalized spacial score (nSPS) is 17.6. The number of benzene rings is 3. The highest BCUT2D eigenvalue weighted by Crippen LogP contribution is 2.39. The highest BCUT2D eigenvalue weighted by molar-refractivity contribution is 9.10. The Morgan fingerprint density at radius 3 is 2.22 bits per heavy atom. The van der Waals surface area contributed by atoms with Crippen molar-refractivity contribution in [3.63, 3.8) is 0 Å². The Hall–Kier alpha value is -3.24. The summed E-state index contributed by atoms with van der Waals surface area (Å²) in [5.41, 5.74) is 3.08. The summed E-state index contributed by atoms with van der Waals surface area (Å²) < 4.78 is 23.1. The van der Waals surface area contributed by atoms with E-state index >= 15 is 0 Å². The predicted octanol–water partition coefficient (Wildman–Crippen LogP) is 5.01. The molecule has 3 aromatic carbocycles. The summed E-state index contributed by atoms with van der Waals surface area (Å²) in [5, 5.41) is 19.4. The molecule has 0 unspecified atom stereocenters. The second-order valence-corrected chi connectivity index (χ2v) is 9.78. The second kappa shape index (κ2) is 11.0. The minimum Gasteiger partial charge on any atom is -0.486 e. The van der Waals surface area contributed by atoms with Gasteiger partial charge in [-0.25, -0.2) is 0 Å². The minimum absolute atomic E-state index is 0.0183. The molecule has 2 atom stereocenters. The molecule has 0 fully saturated rings. The quantitative estimate of drug-likeness (QED) is 0.287. The average molecular weight is 589 g/mol. The molecule has 37 heavy (non-hydrogen) atoms. The number of fused-ring (bicyclic) bond motifs is 3. The largest absolute Gasteiger partial charge is 0.486 e. The number of ether oxygens (including phenoxy) is 4. The zero-order chi connectivity index (χ0) is 25.9. The van der Waals surface area contributed by atoms with E-state index in [4.69, 9.17) is 40.8 Å². The Bertz CT molecular complexity index is 1440. The van der Waals surface area contributed by atoms with Gasteiger partial charge in [0.25, 0.3) is 0 Å². The van der Waals surface area contributed by atoms with Gasteiger partial charge in [-0.05, 0) is 48.0 Å². The van der Waals surface area contributed by atoms with Gasteiger partial charge in [-0.1, -0.05) is 33.6 Å². The molecule has 192 valence electrons. The third-order valence-electron chi connectivity index (χ3n) is 5.93. The topological polar surface area (TPSA) is 110 Å². The van der Waals surface area contributed by atoms with Crippen molar-refractivity contribution in [3.05, 3.63) is 69.8 Å². The van der Waals surface area contributed by atoms with Crippen LogP contribution in [0.1, 0.15) is 10.4 Å². The van der Waals surface area contributed by atoms with Gasteiger partial charge in [-0.3, -0.25) is 4.79 Å². The van der Waals surface area contributed by atoms with Crippen LogP contribution in [0.25, 0.3) is 22.0 Å². The van der Waals surface area contributed by atoms with Crippen molar-refractivity contribution >= 4 is 44.7 Å². The average Bonchev–Trinajstić information content (AvgIpc) is 3.33. The molecule has 1 aromatic heterocycles. The van der Waals surface area contributed by atoms with Crippen LogP contribution in [0.4, 0.5) is 0 Å². The summed E-state index contributed by atoms with van der Waals surface area (Å²) in [6, 6.07) is 14.8. The van der Waals surface area contributed by atoms with Crippen LogP contribution in [0.5, 0.6) is 23.0 Å². The molecule has 0 amide bonds. The number of aromatic amines is 1. The molecular weight excluding hydrogens is 566 g/mol. The van der Waals surface area contributed by atoms with E-state index in [0.717, 1.165) is 38.5 Å². The molecule has 2 aliphatic rings. The highest BCUT2D eigenvalue weighted by atomic mass is 79.9. The molecule has 2 aliphatic heterocycles. The number of nitrogens with one attached hydrogen (secondary N) is 1. The van der Waals surface area contributed by atoms with Crippen LogP contribution in [-0.4, -0.2) is 60.1 Å². The first-order chi connectivity index (χ1) is 18.0. The third-order valence-corrected chi connectivity index (χ3v) is 6.74. The number of halogens is 2. The van der Waals surface area contributed by atoms with Gasteiger partial charge in [-0.15, -0.1) is 0 Å². The molecule has 0 saturated heterocycles. The van der Waals surface area contributed by atoms with Gasteiger partial charge in [0, 0.05) is 32.7 Å². The molecule has 3 N–H and O–H groups in total. The number of aliphatic hydroxyl groups excluding tert-OH is 2. The van der Waals surface area contributed by atoms with Crippen molar-refractivity contribution in [2.75, 3.05) is 26.4 Å². The van der Waals surface area contributed by atoms with Gasteiger partial charge in [0.1, 0.15) is 13.2 Å². The summed E-state index contributed by atoms with van der Waals surface area (Å²) in [6.07, 6.45) is 1.89. The van der Waals surface area contributed by atoms with Crippen LogP contribution >= 0.6 is 27.5 Å². The van der Waals surface area contributed by atoms with E-state index in [9.17, 15) is 4.79 Å². The minimum atomic E-state index is -0.349. The summed E-state index contributed by atoms with van der Waals surface area (Å²) in [5.74, 6) is 2.61. The lowest BCUT2D eigenvalue weighted by Gasteiger charge is -2.25. The summed E-state index contributed by atoms with van der Waals surface area (Å²) in [6.45, 7) is 0.591. The fourth-order valence-corrected chi connectivity index (χ4v) is 4.65. The molecular formula is C27H23BrClNO7. The number of hydrogen-bond donors (Lipinski definition) is 3. The molecule has 10 heteroatoms. The summed E-state index contributed by atoms with van der Waals surface area (Å²) >= 11 is 9.74. The van der Waals surface area contributed by atoms with Crippen LogP contribution in [0.15, 0.2) is 59.2 Å². The van der Waals surface area contributed by atoms with Crippen LogP contribution in [0.3, 0.4) is 0 Å². The van der Waals surface area contributed by atoms with Crippen LogP contribution < -0.4 is 18.9 Å². The van der Waals surface area contributed by atoms with Crippen LogP contribution in [0, 0.1) is 0 Å². The van der Waals surface area contributed by atoms with Crippen molar-refractivity contribution in [3.8, 4) is 34.1 Å². The van der Waals surface area contributed by atoms with E-state index in [1.54, 1.807) is 18.3 Å². The van der Waals surface area contributed by atoms with E-state index in [1.165, 1.54) is 0 Å². The van der Waals surface area contributed by atoms with Crippen molar-refractivity contribution in [1.29, 1.82) is 0 Å². The van der Waals surface area contributed by atoms with Crippen molar-refractivity contribution in [1.82, 2.24) is 4.98 Å². The van der Waals surface area contributed by atoms with E-state index < -0.39 is 0 Å². The van der Waals surface area contributed by atoms with Gasteiger partial charge >= 0.3 is 0 Å². The Kier molecular flexibility index (Phi) is 7.57. The maximum Gasteiger partial charge on any atom is 0.162 e. The molecule has 0 spiro atoms. The monoisotopic (exact) mass is 587 g/mol. The first-order valence-electron chi connectivity index (χ1n) is 11.5. The predicted molar refractivity (Wildman–Crippen MR) is 142 cm³/mol. The maximum absolute atomic E-state index is 11.2. The number of H-pyrrole nitrogens is 1. The first-order valence-corrected chi connectivity index (χ1v) is 12.7.